The molecule has 2 amide bonds. The minimum atomic E-state index is -0.707. The molecule has 2 rings (SSSR count). The zero-order chi connectivity index (χ0) is 15.2. The summed E-state index contributed by atoms with van der Waals surface area (Å²) in [4.78, 5) is 23.8. The van der Waals surface area contributed by atoms with Gasteiger partial charge >= 0.3 is 11.8 Å². The summed E-state index contributed by atoms with van der Waals surface area (Å²) in [5, 5.41) is 5.75. The molecule has 0 heterocycles. The van der Waals surface area contributed by atoms with Gasteiger partial charge in [-0.3, -0.25) is 9.59 Å². The normalized spacial score (nSPS) is 15.3. The third-order valence-corrected chi connectivity index (χ3v) is 3.79. The van der Waals surface area contributed by atoms with Gasteiger partial charge in [0.2, 0.25) is 0 Å². The van der Waals surface area contributed by atoms with Gasteiger partial charge in [0.25, 0.3) is 0 Å². The summed E-state index contributed by atoms with van der Waals surface area (Å²) < 4.78 is 5.13. The van der Waals surface area contributed by atoms with Crippen LogP contribution in [0.1, 0.15) is 32.1 Å². The van der Waals surface area contributed by atoms with Gasteiger partial charge in [-0.1, -0.05) is 30.9 Å². The maximum absolute atomic E-state index is 11.9. The predicted molar refractivity (Wildman–Crippen MR) is 81.6 cm³/mol. The van der Waals surface area contributed by atoms with E-state index < -0.39 is 11.8 Å². The number of ether oxygens (including phenoxy) is 1. The minimum Gasteiger partial charge on any atom is -0.495 e. The third-order valence-electron chi connectivity index (χ3n) is 3.56. The van der Waals surface area contributed by atoms with Crippen LogP contribution in [0.15, 0.2) is 18.2 Å². The number of anilines is 1. The van der Waals surface area contributed by atoms with Gasteiger partial charge in [0.1, 0.15) is 5.75 Å². The maximum atomic E-state index is 11.9. The Balaban J connectivity index is 1.97. The molecular formula is C15H19ClN2O3. The van der Waals surface area contributed by atoms with E-state index in [1.54, 1.807) is 18.2 Å². The molecule has 0 atom stereocenters. The van der Waals surface area contributed by atoms with E-state index in [1.807, 2.05) is 0 Å². The van der Waals surface area contributed by atoms with Crippen LogP contribution in [0.2, 0.25) is 5.02 Å². The topological polar surface area (TPSA) is 67.4 Å². The van der Waals surface area contributed by atoms with Crippen molar-refractivity contribution >= 4 is 29.1 Å². The molecule has 0 bridgehead atoms. The second-order valence-corrected chi connectivity index (χ2v) is 5.54. The maximum Gasteiger partial charge on any atom is 0.313 e. The summed E-state index contributed by atoms with van der Waals surface area (Å²) in [7, 11) is 1.49. The molecule has 0 unspecified atom stereocenters. The zero-order valence-corrected chi connectivity index (χ0v) is 12.7. The first kappa shape index (κ1) is 15.6. The van der Waals surface area contributed by atoms with Crippen LogP contribution in [0.3, 0.4) is 0 Å². The van der Waals surface area contributed by atoms with Crippen LogP contribution in [0, 0.1) is 0 Å². The van der Waals surface area contributed by atoms with E-state index in [-0.39, 0.29) is 6.04 Å². The number of carbonyl (C=O) groups is 2. The Hall–Kier alpha value is -1.75. The highest BCUT2D eigenvalue weighted by molar-refractivity contribution is 6.40. The predicted octanol–water partition coefficient (Wildman–Crippen LogP) is 2.74. The van der Waals surface area contributed by atoms with Gasteiger partial charge in [-0.15, -0.1) is 0 Å². The summed E-state index contributed by atoms with van der Waals surface area (Å²) in [5.74, 6) is -0.872. The first-order valence-electron chi connectivity index (χ1n) is 7.05. The van der Waals surface area contributed by atoms with E-state index in [4.69, 9.17) is 16.3 Å². The SMILES string of the molecule is COc1ccc(Cl)cc1NC(=O)C(=O)NC1CCCCC1. The van der Waals surface area contributed by atoms with Crippen LogP contribution in [-0.4, -0.2) is 25.0 Å². The van der Waals surface area contributed by atoms with Crippen molar-refractivity contribution in [2.75, 3.05) is 12.4 Å². The van der Waals surface area contributed by atoms with Gasteiger partial charge in [0, 0.05) is 11.1 Å². The molecule has 114 valence electrons. The molecule has 21 heavy (non-hydrogen) atoms. The van der Waals surface area contributed by atoms with Crippen molar-refractivity contribution < 1.29 is 14.3 Å². The summed E-state index contributed by atoms with van der Waals surface area (Å²) in [6.07, 6.45) is 5.24. The lowest BCUT2D eigenvalue weighted by molar-refractivity contribution is -0.136. The number of rotatable bonds is 3. The van der Waals surface area contributed by atoms with Crippen LogP contribution in [0.4, 0.5) is 5.69 Å². The number of carbonyl (C=O) groups excluding carboxylic acids is 2. The largest absolute Gasteiger partial charge is 0.495 e. The fourth-order valence-corrected chi connectivity index (χ4v) is 2.63. The molecule has 5 nitrogen and oxygen atoms in total. The van der Waals surface area contributed by atoms with Crippen molar-refractivity contribution in [3.05, 3.63) is 23.2 Å². The van der Waals surface area contributed by atoms with E-state index in [9.17, 15) is 9.59 Å². The summed E-state index contributed by atoms with van der Waals surface area (Å²) in [6, 6.07) is 4.93. The van der Waals surface area contributed by atoms with Crippen LogP contribution < -0.4 is 15.4 Å². The minimum absolute atomic E-state index is 0.0956. The summed E-state index contributed by atoms with van der Waals surface area (Å²) >= 11 is 5.89. The lowest BCUT2D eigenvalue weighted by Gasteiger charge is -2.22. The number of nitrogens with one attached hydrogen (secondary N) is 2. The van der Waals surface area contributed by atoms with Gasteiger partial charge in [-0.25, -0.2) is 0 Å². The van der Waals surface area contributed by atoms with Crippen molar-refractivity contribution in [2.45, 2.75) is 38.1 Å². The smallest absolute Gasteiger partial charge is 0.313 e. The van der Waals surface area contributed by atoms with Crippen molar-refractivity contribution in [3.63, 3.8) is 0 Å². The van der Waals surface area contributed by atoms with Gasteiger partial charge in [-0.05, 0) is 31.0 Å². The molecule has 1 saturated carbocycles. The van der Waals surface area contributed by atoms with E-state index in [2.05, 4.69) is 10.6 Å². The lowest BCUT2D eigenvalue weighted by Crippen LogP contribution is -2.42. The molecule has 0 radical (unpaired) electrons. The van der Waals surface area contributed by atoms with Crippen LogP contribution >= 0.6 is 11.6 Å². The number of amides is 2. The molecule has 0 aliphatic heterocycles. The molecule has 1 aliphatic carbocycles. The van der Waals surface area contributed by atoms with Crippen molar-refractivity contribution in [1.29, 1.82) is 0 Å². The average Bonchev–Trinajstić information content (AvgIpc) is 2.48. The molecule has 1 aromatic carbocycles. The number of methoxy groups -OCH3 is 1. The van der Waals surface area contributed by atoms with Gasteiger partial charge < -0.3 is 15.4 Å². The second-order valence-electron chi connectivity index (χ2n) is 5.11. The van der Waals surface area contributed by atoms with E-state index in [0.29, 0.717) is 16.5 Å². The Labute approximate surface area is 129 Å². The molecule has 1 fully saturated rings. The molecule has 1 aliphatic rings. The molecule has 6 heteroatoms. The van der Waals surface area contributed by atoms with Crippen LogP contribution in [0.25, 0.3) is 0 Å². The molecular weight excluding hydrogens is 292 g/mol. The van der Waals surface area contributed by atoms with E-state index in [1.165, 1.54) is 13.5 Å². The Kier molecular flexibility index (Phi) is 5.44. The zero-order valence-electron chi connectivity index (χ0n) is 11.9. The van der Waals surface area contributed by atoms with Gasteiger partial charge in [-0.2, -0.15) is 0 Å². The lowest BCUT2D eigenvalue weighted by atomic mass is 9.95. The fourth-order valence-electron chi connectivity index (χ4n) is 2.45. The molecule has 1 aromatic rings. The Morgan fingerprint density at radius 3 is 2.57 bits per heavy atom. The summed E-state index contributed by atoms with van der Waals surface area (Å²) in [5.41, 5.74) is 0.383. The molecule has 0 aromatic heterocycles. The second kappa shape index (κ2) is 7.31. The number of benzene rings is 1. The van der Waals surface area contributed by atoms with Crippen LogP contribution in [0.5, 0.6) is 5.75 Å². The van der Waals surface area contributed by atoms with Gasteiger partial charge in [0.05, 0.1) is 12.8 Å². The Bertz CT molecular complexity index is 528. The molecule has 2 N–H and O–H groups in total. The molecule has 0 saturated heterocycles. The highest BCUT2D eigenvalue weighted by Gasteiger charge is 2.21. The average molecular weight is 311 g/mol. The first-order chi connectivity index (χ1) is 10.1. The number of hydrogen-bond donors (Lipinski definition) is 2. The van der Waals surface area contributed by atoms with E-state index in [0.717, 1.165) is 25.7 Å². The highest BCUT2D eigenvalue weighted by atomic mass is 35.5. The Morgan fingerprint density at radius 1 is 1.19 bits per heavy atom. The third kappa shape index (κ3) is 4.36. The molecule has 0 spiro atoms. The monoisotopic (exact) mass is 310 g/mol. The first-order valence-corrected chi connectivity index (χ1v) is 7.43. The quantitative estimate of drug-likeness (QED) is 0.844. The van der Waals surface area contributed by atoms with Crippen molar-refractivity contribution in [3.8, 4) is 5.75 Å². The number of halogens is 1. The number of hydrogen-bond acceptors (Lipinski definition) is 3. The van der Waals surface area contributed by atoms with E-state index >= 15 is 0 Å². The van der Waals surface area contributed by atoms with Gasteiger partial charge in [0.15, 0.2) is 0 Å². The van der Waals surface area contributed by atoms with Crippen molar-refractivity contribution in [1.82, 2.24) is 5.32 Å². The fraction of sp³-hybridized carbons (Fsp3) is 0.467. The summed E-state index contributed by atoms with van der Waals surface area (Å²) in [6.45, 7) is 0. The highest BCUT2D eigenvalue weighted by Crippen LogP contribution is 2.27. The Morgan fingerprint density at radius 2 is 1.90 bits per heavy atom. The van der Waals surface area contributed by atoms with Crippen molar-refractivity contribution in [2.24, 2.45) is 0 Å². The van der Waals surface area contributed by atoms with Crippen LogP contribution in [-0.2, 0) is 9.59 Å². The standard InChI is InChI=1S/C15H19ClN2O3/c1-21-13-8-7-10(16)9-12(13)18-15(20)14(19)17-11-5-3-2-4-6-11/h7-9,11H,2-6H2,1H3,(H,17,19)(H,18,20).